The lowest BCUT2D eigenvalue weighted by molar-refractivity contribution is -0.137. The van der Waals surface area contributed by atoms with Crippen molar-refractivity contribution in [3.8, 4) is 0 Å². The van der Waals surface area contributed by atoms with Crippen LogP contribution < -0.4 is 11.1 Å². The summed E-state index contributed by atoms with van der Waals surface area (Å²) in [5, 5.41) is 2.54. The zero-order valence-electron chi connectivity index (χ0n) is 15.0. The van der Waals surface area contributed by atoms with Gasteiger partial charge in [-0.1, -0.05) is 17.7 Å². The minimum absolute atomic E-state index is 0.0829. The molecule has 1 amide bonds. The van der Waals surface area contributed by atoms with Crippen LogP contribution in [0.15, 0.2) is 47.9 Å². The molecule has 0 fully saturated rings. The van der Waals surface area contributed by atoms with Gasteiger partial charge in [0.25, 0.3) is 5.91 Å². The first-order valence-corrected chi connectivity index (χ1v) is 8.87. The van der Waals surface area contributed by atoms with Gasteiger partial charge in [-0.25, -0.2) is 4.98 Å². The van der Waals surface area contributed by atoms with Crippen molar-refractivity contribution in [2.45, 2.75) is 19.5 Å². The Bertz CT molecular complexity index is 943. The van der Waals surface area contributed by atoms with E-state index in [9.17, 15) is 18.0 Å². The number of hydrogen-bond acceptors (Lipinski definition) is 4. The second kappa shape index (κ2) is 7.71. The van der Waals surface area contributed by atoms with Crippen molar-refractivity contribution in [3.05, 3.63) is 69.6 Å². The molecule has 1 aliphatic rings. The molecule has 2 aromatic rings. The van der Waals surface area contributed by atoms with Gasteiger partial charge < -0.3 is 16.0 Å². The minimum Gasteiger partial charge on any atom is -0.399 e. The zero-order valence-corrected chi connectivity index (χ0v) is 15.7. The molecule has 0 bridgehead atoms. The van der Waals surface area contributed by atoms with E-state index in [1.807, 2.05) is 19.1 Å². The number of amides is 1. The third kappa shape index (κ3) is 4.22. The molecule has 0 spiro atoms. The molecule has 148 valence electrons. The summed E-state index contributed by atoms with van der Waals surface area (Å²) < 4.78 is 39.1. The predicted octanol–water partition coefficient (Wildman–Crippen LogP) is 4.19. The normalized spacial score (nSPS) is 15.0. The second-order valence-electron chi connectivity index (χ2n) is 6.49. The SMILES string of the molecule is Cc1ccnc(NC2=C(N)CN(C(=O)c3cccc(C(F)(F)F)c3Cl)CC2)c1. The minimum atomic E-state index is -4.63. The fourth-order valence-electron chi connectivity index (χ4n) is 2.95. The summed E-state index contributed by atoms with van der Waals surface area (Å²) in [5.41, 5.74) is 7.05. The Hall–Kier alpha value is -2.74. The number of anilines is 1. The first-order chi connectivity index (χ1) is 13.2. The summed E-state index contributed by atoms with van der Waals surface area (Å²) in [5.74, 6) is 0.0467. The first kappa shape index (κ1) is 20.0. The number of nitrogens with zero attached hydrogens (tertiary/aromatic N) is 2. The molecule has 0 saturated carbocycles. The van der Waals surface area contributed by atoms with Crippen LogP contribution in [0.4, 0.5) is 19.0 Å². The summed E-state index contributed by atoms with van der Waals surface area (Å²) in [7, 11) is 0. The maximum Gasteiger partial charge on any atom is 0.417 e. The van der Waals surface area contributed by atoms with Gasteiger partial charge in [-0.3, -0.25) is 4.79 Å². The van der Waals surface area contributed by atoms with Crippen LogP contribution in [0, 0.1) is 6.92 Å². The number of rotatable bonds is 3. The molecule has 5 nitrogen and oxygen atoms in total. The highest BCUT2D eigenvalue weighted by Crippen LogP contribution is 2.36. The van der Waals surface area contributed by atoms with Gasteiger partial charge in [0, 0.05) is 30.6 Å². The molecule has 1 aliphatic heterocycles. The third-order valence-corrected chi connectivity index (χ3v) is 4.80. The largest absolute Gasteiger partial charge is 0.417 e. The quantitative estimate of drug-likeness (QED) is 0.796. The molecule has 0 radical (unpaired) electrons. The van der Waals surface area contributed by atoms with Crippen LogP contribution in [0.25, 0.3) is 0 Å². The third-order valence-electron chi connectivity index (χ3n) is 4.40. The van der Waals surface area contributed by atoms with Crippen LogP contribution >= 0.6 is 11.6 Å². The van der Waals surface area contributed by atoms with Gasteiger partial charge >= 0.3 is 6.18 Å². The molecular weight excluding hydrogens is 393 g/mol. The highest BCUT2D eigenvalue weighted by molar-refractivity contribution is 6.34. The zero-order chi connectivity index (χ0) is 20.5. The summed E-state index contributed by atoms with van der Waals surface area (Å²) in [4.78, 5) is 18.3. The number of nitrogens with two attached hydrogens (primary N) is 1. The highest BCUT2D eigenvalue weighted by Gasteiger charge is 2.35. The average Bonchev–Trinajstić information content (AvgIpc) is 2.62. The summed E-state index contributed by atoms with van der Waals surface area (Å²) >= 11 is 5.86. The van der Waals surface area contributed by atoms with Crippen molar-refractivity contribution in [2.24, 2.45) is 5.73 Å². The Kier molecular flexibility index (Phi) is 5.51. The Labute approximate surface area is 165 Å². The number of hydrogen-bond donors (Lipinski definition) is 2. The van der Waals surface area contributed by atoms with Gasteiger partial charge in [-0.05, 0) is 36.8 Å². The second-order valence-corrected chi connectivity index (χ2v) is 6.87. The molecule has 3 N–H and O–H groups in total. The summed E-state index contributed by atoms with van der Waals surface area (Å²) in [6.07, 6.45) is -2.54. The van der Waals surface area contributed by atoms with Crippen molar-refractivity contribution in [1.82, 2.24) is 9.88 Å². The van der Waals surface area contributed by atoms with E-state index >= 15 is 0 Å². The summed E-state index contributed by atoms with van der Waals surface area (Å²) in [6.45, 7) is 2.31. The number of benzene rings is 1. The molecule has 0 unspecified atom stereocenters. The van der Waals surface area contributed by atoms with Crippen molar-refractivity contribution in [2.75, 3.05) is 18.4 Å². The van der Waals surface area contributed by atoms with Crippen molar-refractivity contribution >= 4 is 23.3 Å². The van der Waals surface area contributed by atoms with E-state index in [0.717, 1.165) is 17.3 Å². The molecule has 28 heavy (non-hydrogen) atoms. The Balaban J connectivity index is 1.78. The molecule has 0 aliphatic carbocycles. The number of pyridine rings is 1. The van der Waals surface area contributed by atoms with Crippen molar-refractivity contribution in [1.29, 1.82) is 0 Å². The number of carbonyl (C=O) groups excluding carboxylic acids is 1. The van der Waals surface area contributed by atoms with E-state index in [2.05, 4.69) is 10.3 Å². The topological polar surface area (TPSA) is 71.2 Å². The fourth-order valence-corrected chi connectivity index (χ4v) is 3.26. The van der Waals surface area contributed by atoms with Gasteiger partial charge in [-0.15, -0.1) is 0 Å². The van der Waals surface area contributed by atoms with Crippen LogP contribution in [0.1, 0.15) is 27.9 Å². The van der Waals surface area contributed by atoms with Crippen LogP contribution in [0.5, 0.6) is 0 Å². The van der Waals surface area contributed by atoms with E-state index in [-0.39, 0.29) is 12.1 Å². The van der Waals surface area contributed by atoms with Crippen molar-refractivity contribution < 1.29 is 18.0 Å². The van der Waals surface area contributed by atoms with Crippen LogP contribution in [0.2, 0.25) is 5.02 Å². The number of halogens is 4. The number of aryl methyl sites for hydroxylation is 1. The molecule has 3 rings (SSSR count). The molecule has 0 saturated heterocycles. The lowest BCUT2D eigenvalue weighted by Crippen LogP contribution is -2.40. The molecule has 0 atom stereocenters. The standard InChI is InChI=1S/C19H18ClF3N4O/c1-11-5-7-25-16(9-11)26-15-6-8-27(10-14(15)24)18(28)12-3-2-4-13(17(12)20)19(21,22)23/h2-5,7,9H,6,8,10,24H2,1H3,(H,25,26). The number of nitrogens with one attached hydrogen (secondary N) is 1. The average molecular weight is 411 g/mol. The number of carbonyl (C=O) groups is 1. The lowest BCUT2D eigenvalue weighted by Gasteiger charge is -2.30. The van der Waals surface area contributed by atoms with E-state index in [1.165, 1.54) is 17.0 Å². The fraction of sp³-hybridized carbons (Fsp3) is 0.263. The van der Waals surface area contributed by atoms with Crippen molar-refractivity contribution in [3.63, 3.8) is 0 Å². The van der Waals surface area contributed by atoms with E-state index in [0.29, 0.717) is 24.5 Å². The Morgan fingerprint density at radius 1 is 1.32 bits per heavy atom. The maximum atomic E-state index is 13.0. The van der Waals surface area contributed by atoms with E-state index in [1.54, 1.807) is 6.20 Å². The van der Waals surface area contributed by atoms with Crippen LogP contribution in [-0.4, -0.2) is 28.9 Å². The number of alkyl halides is 3. The van der Waals surface area contributed by atoms with Gasteiger partial charge in [0.2, 0.25) is 0 Å². The molecule has 2 heterocycles. The maximum absolute atomic E-state index is 13.0. The van der Waals surface area contributed by atoms with E-state index < -0.39 is 22.7 Å². The summed E-state index contributed by atoms with van der Waals surface area (Å²) in [6, 6.07) is 7.02. The smallest absolute Gasteiger partial charge is 0.399 e. The Morgan fingerprint density at radius 3 is 2.71 bits per heavy atom. The van der Waals surface area contributed by atoms with E-state index in [4.69, 9.17) is 17.3 Å². The lowest BCUT2D eigenvalue weighted by atomic mass is 10.1. The number of aromatic nitrogens is 1. The molecular formula is C19H18ClF3N4O. The molecule has 9 heteroatoms. The van der Waals surface area contributed by atoms with Gasteiger partial charge in [0.1, 0.15) is 5.82 Å². The first-order valence-electron chi connectivity index (χ1n) is 8.49. The van der Waals surface area contributed by atoms with Gasteiger partial charge in [-0.2, -0.15) is 13.2 Å². The molecule has 1 aromatic heterocycles. The monoisotopic (exact) mass is 410 g/mol. The predicted molar refractivity (Wildman–Crippen MR) is 101 cm³/mol. The molecule has 1 aromatic carbocycles. The highest BCUT2D eigenvalue weighted by atomic mass is 35.5. The van der Waals surface area contributed by atoms with Gasteiger partial charge in [0.15, 0.2) is 0 Å². The Morgan fingerprint density at radius 2 is 2.07 bits per heavy atom. The van der Waals surface area contributed by atoms with Crippen LogP contribution in [0.3, 0.4) is 0 Å². The van der Waals surface area contributed by atoms with Gasteiger partial charge in [0.05, 0.1) is 22.7 Å². The van der Waals surface area contributed by atoms with Crippen LogP contribution in [-0.2, 0) is 6.18 Å².